The monoisotopic (exact) mass is 430 g/mol. The number of rotatable bonds is 0. The number of hydrogen-bond acceptors (Lipinski definition) is 1. The number of ketones is 1. The SMILES string of the molecule is C=C1Cc2cc(Br)ccc2C1=O.C=C1Cc2ccc(Br)cc2C1. The van der Waals surface area contributed by atoms with Gasteiger partial charge in [0.25, 0.3) is 0 Å². The van der Waals surface area contributed by atoms with E-state index in [1.165, 1.54) is 21.2 Å². The lowest BCUT2D eigenvalue weighted by molar-refractivity contribution is 0.104. The Morgan fingerprint density at radius 3 is 2.13 bits per heavy atom. The van der Waals surface area contributed by atoms with Crippen molar-refractivity contribution >= 4 is 37.6 Å². The van der Waals surface area contributed by atoms with Crippen LogP contribution in [0.25, 0.3) is 0 Å². The lowest BCUT2D eigenvalue weighted by Crippen LogP contribution is -1.92. The van der Waals surface area contributed by atoms with Crippen LogP contribution in [-0.4, -0.2) is 5.78 Å². The standard InChI is InChI=1S/C10H7BrO.C10H9Br/c1-6-4-7-5-8(11)2-3-9(7)10(6)12;1-7-4-8-2-3-10(11)6-9(8)5-7/h2-3,5H,1,4H2;2-3,6H,1,4-5H2. The van der Waals surface area contributed by atoms with Gasteiger partial charge in [-0.25, -0.2) is 0 Å². The van der Waals surface area contributed by atoms with Crippen molar-refractivity contribution in [2.24, 2.45) is 0 Å². The third kappa shape index (κ3) is 3.56. The average molecular weight is 432 g/mol. The van der Waals surface area contributed by atoms with Crippen LogP contribution in [0.2, 0.25) is 0 Å². The van der Waals surface area contributed by atoms with Crippen LogP contribution in [0, 0.1) is 0 Å². The molecular formula is C20H16Br2O. The topological polar surface area (TPSA) is 17.1 Å². The van der Waals surface area contributed by atoms with Gasteiger partial charge in [0.1, 0.15) is 0 Å². The van der Waals surface area contributed by atoms with Gasteiger partial charge in [0, 0.05) is 20.9 Å². The van der Waals surface area contributed by atoms with Gasteiger partial charge in [-0.3, -0.25) is 4.79 Å². The Balaban J connectivity index is 0.000000136. The minimum Gasteiger partial charge on any atom is -0.289 e. The summed E-state index contributed by atoms with van der Waals surface area (Å²) < 4.78 is 2.19. The number of benzene rings is 2. The zero-order chi connectivity index (χ0) is 16.6. The molecule has 3 heteroatoms. The quantitative estimate of drug-likeness (QED) is 0.377. The molecule has 23 heavy (non-hydrogen) atoms. The van der Waals surface area contributed by atoms with Crippen molar-refractivity contribution in [1.82, 2.24) is 0 Å². The van der Waals surface area contributed by atoms with Gasteiger partial charge in [-0.15, -0.1) is 0 Å². The van der Waals surface area contributed by atoms with E-state index in [4.69, 9.17) is 0 Å². The van der Waals surface area contributed by atoms with E-state index in [1.54, 1.807) is 0 Å². The van der Waals surface area contributed by atoms with Gasteiger partial charge in [-0.2, -0.15) is 0 Å². The van der Waals surface area contributed by atoms with E-state index in [2.05, 4.69) is 63.2 Å². The van der Waals surface area contributed by atoms with Crippen molar-refractivity contribution in [3.63, 3.8) is 0 Å². The number of hydrogen-bond donors (Lipinski definition) is 0. The summed E-state index contributed by atoms with van der Waals surface area (Å²) >= 11 is 6.82. The molecule has 0 bridgehead atoms. The first-order valence-electron chi connectivity index (χ1n) is 7.39. The number of fused-ring (bicyclic) bond motifs is 2. The predicted octanol–water partition coefficient (Wildman–Crippen LogP) is 5.85. The highest BCUT2D eigenvalue weighted by atomic mass is 79.9. The normalized spacial score (nSPS) is 15.1. The van der Waals surface area contributed by atoms with Crippen LogP contribution in [0.3, 0.4) is 0 Å². The van der Waals surface area contributed by atoms with Gasteiger partial charge < -0.3 is 0 Å². The van der Waals surface area contributed by atoms with Gasteiger partial charge >= 0.3 is 0 Å². The van der Waals surface area contributed by atoms with Crippen LogP contribution in [0.4, 0.5) is 0 Å². The van der Waals surface area contributed by atoms with Gasteiger partial charge in [-0.05, 0) is 65.4 Å². The lowest BCUT2D eigenvalue weighted by Gasteiger charge is -1.96. The van der Waals surface area contributed by atoms with Gasteiger partial charge in [0.05, 0.1) is 0 Å². The molecule has 0 atom stereocenters. The summed E-state index contributed by atoms with van der Waals surface area (Å²) in [5.41, 5.74) is 6.80. The van der Waals surface area contributed by atoms with Crippen molar-refractivity contribution in [3.8, 4) is 0 Å². The summed E-state index contributed by atoms with van der Waals surface area (Å²) in [5, 5.41) is 0. The van der Waals surface area contributed by atoms with Crippen LogP contribution in [0.1, 0.15) is 27.0 Å². The molecule has 116 valence electrons. The molecule has 2 aromatic rings. The van der Waals surface area contributed by atoms with E-state index >= 15 is 0 Å². The second-order valence-corrected chi connectivity index (χ2v) is 7.76. The van der Waals surface area contributed by atoms with E-state index in [0.717, 1.165) is 28.4 Å². The van der Waals surface area contributed by atoms with E-state index in [9.17, 15) is 4.79 Å². The van der Waals surface area contributed by atoms with E-state index < -0.39 is 0 Å². The molecule has 4 rings (SSSR count). The number of Topliss-reactive ketones (excluding diaryl/α,β-unsaturated/α-hetero) is 1. The maximum absolute atomic E-state index is 11.4. The molecule has 0 heterocycles. The second-order valence-electron chi connectivity index (χ2n) is 5.93. The Morgan fingerprint density at radius 2 is 1.39 bits per heavy atom. The summed E-state index contributed by atoms with van der Waals surface area (Å²) in [5.74, 6) is 0.0949. The molecule has 0 aliphatic heterocycles. The summed E-state index contributed by atoms with van der Waals surface area (Å²) in [6, 6.07) is 12.2. The molecule has 2 aliphatic rings. The van der Waals surface area contributed by atoms with E-state index in [0.29, 0.717) is 12.0 Å². The first-order valence-corrected chi connectivity index (χ1v) is 8.97. The molecule has 0 fully saturated rings. The van der Waals surface area contributed by atoms with Crippen LogP contribution in [-0.2, 0) is 19.3 Å². The second kappa shape index (κ2) is 6.58. The largest absolute Gasteiger partial charge is 0.289 e. The molecular weight excluding hydrogens is 416 g/mol. The first-order chi connectivity index (χ1) is 10.9. The third-order valence-electron chi connectivity index (χ3n) is 4.09. The molecule has 0 saturated heterocycles. The van der Waals surface area contributed by atoms with Crippen molar-refractivity contribution in [2.45, 2.75) is 19.3 Å². The molecule has 1 nitrogen and oxygen atoms in total. The molecule has 0 N–H and O–H groups in total. The van der Waals surface area contributed by atoms with Crippen molar-refractivity contribution < 1.29 is 4.79 Å². The fourth-order valence-electron chi connectivity index (χ4n) is 2.96. The van der Waals surface area contributed by atoms with Crippen molar-refractivity contribution in [1.29, 1.82) is 0 Å². The molecule has 0 unspecified atom stereocenters. The highest BCUT2D eigenvalue weighted by Gasteiger charge is 2.22. The maximum Gasteiger partial charge on any atom is 0.189 e. The highest BCUT2D eigenvalue weighted by Crippen LogP contribution is 2.28. The van der Waals surface area contributed by atoms with Gasteiger partial charge in [-0.1, -0.05) is 56.7 Å². The number of carbonyl (C=O) groups is 1. The Hall–Kier alpha value is -1.45. The van der Waals surface area contributed by atoms with Crippen LogP contribution in [0.5, 0.6) is 0 Å². The van der Waals surface area contributed by atoms with E-state index in [1.807, 2.05) is 18.2 Å². The minimum absolute atomic E-state index is 0.0949. The molecule has 0 saturated carbocycles. The molecule has 0 radical (unpaired) electrons. The fourth-order valence-corrected chi connectivity index (χ4v) is 3.78. The van der Waals surface area contributed by atoms with Crippen molar-refractivity contribution in [2.75, 3.05) is 0 Å². The predicted molar refractivity (Wildman–Crippen MR) is 102 cm³/mol. The van der Waals surface area contributed by atoms with Crippen LogP contribution < -0.4 is 0 Å². The zero-order valence-electron chi connectivity index (χ0n) is 12.7. The lowest BCUT2D eigenvalue weighted by atomic mass is 10.1. The zero-order valence-corrected chi connectivity index (χ0v) is 15.8. The minimum atomic E-state index is 0.0949. The Labute approximate surface area is 153 Å². The third-order valence-corrected chi connectivity index (χ3v) is 5.07. The van der Waals surface area contributed by atoms with Crippen LogP contribution in [0.15, 0.2) is 69.6 Å². The summed E-state index contributed by atoms with van der Waals surface area (Å²) in [4.78, 5) is 11.4. The highest BCUT2D eigenvalue weighted by molar-refractivity contribution is 9.10. The molecule has 2 aromatic carbocycles. The maximum atomic E-state index is 11.4. The van der Waals surface area contributed by atoms with Gasteiger partial charge in [0.15, 0.2) is 5.78 Å². The van der Waals surface area contributed by atoms with Gasteiger partial charge in [0.2, 0.25) is 0 Å². The van der Waals surface area contributed by atoms with Crippen molar-refractivity contribution in [3.05, 3.63) is 91.9 Å². The number of halogens is 2. The molecule has 0 amide bonds. The molecule has 0 spiro atoms. The molecule has 2 aliphatic carbocycles. The smallest absolute Gasteiger partial charge is 0.189 e. The van der Waals surface area contributed by atoms with E-state index in [-0.39, 0.29) is 5.78 Å². The summed E-state index contributed by atoms with van der Waals surface area (Å²) in [6.45, 7) is 7.70. The molecule has 0 aromatic heterocycles. The summed E-state index contributed by atoms with van der Waals surface area (Å²) in [7, 11) is 0. The Kier molecular flexibility index (Phi) is 4.69. The first kappa shape index (κ1) is 16.4. The Bertz CT molecular complexity index is 834. The number of carbonyl (C=O) groups excluding carboxylic acids is 1. The van der Waals surface area contributed by atoms with Crippen LogP contribution >= 0.6 is 31.9 Å². The summed E-state index contributed by atoms with van der Waals surface area (Å²) in [6.07, 6.45) is 2.84. The fraction of sp³-hybridized carbons (Fsp3) is 0.150. The number of allylic oxidation sites excluding steroid dienone is 2. The average Bonchev–Trinajstić information content (AvgIpc) is 2.98. The Morgan fingerprint density at radius 1 is 0.783 bits per heavy atom.